The Hall–Kier alpha value is -3.50. The van der Waals surface area contributed by atoms with Crippen molar-refractivity contribution >= 4 is 17.7 Å². The molecule has 0 radical (unpaired) electrons. The maximum atomic E-state index is 13.9. The van der Waals surface area contributed by atoms with Crippen LogP contribution in [0.2, 0.25) is 0 Å². The van der Waals surface area contributed by atoms with Gasteiger partial charge in [-0.1, -0.05) is 25.1 Å². The Morgan fingerprint density at radius 3 is 2.45 bits per heavy atom. The summed E-state index contributed by atoms with van der Waals surface area (Å²) in [6.45, 7) is 3.29. The second-order valence-corrected chi connectivity index (χ2v) is 7.26. The summed E-state index contributed by atoms with van der Waals surface area (Å²) in [6.07, 6.45) is 0.140. The molecule has 2 atom stereocenters. The van der Waals surface area contributed by atoms with Gasteiger partial charge in [0, 0.05) is 17.6 Å². The molecule has 0 aliphatic carbocycles. The van der Waals surface area contributed by atoms with Gasteiger partial charge < -0.3 is 14.6 Å². The van der Waals surface area contributed by atoms with Crippen LogP contribution in [0.1, 0.15) is 31.9 Å². The highest BCUT2D eigenvalue weighted by Crippen LogP contribution is 2.31. The molecule has 2 aromatic carbocycles. The second-order valence-electron chi connectivity index (χ2n) is 7.26. The summed E-state index contributed by atoms with van der Waals surface area (Å²) in [6, 6.07) is 9.37. The summed E-state index contributed by atoms with van der Waals surface area (Å²) in [4.78, 5) is 24.0. The highest BCUT2D eigenvalue weighted by molar-refractivity contribution is 5.91. The van der Waals surface area contributed by atoms with Gasteiger partial charge in [0.1, 0.15) is 30.1 Å². The minimum absolute atomic E-state index is 0.123. The highest BCUT2D eigenvalue weighted by Gasteiger charge is 2.24. The Kier molecular flexibility index (Phi) is 9.77. The quantitative estimate of drug-likeness (QED) is 0.239. The summed E-state index contributed by atoms with van der Waals surface area (Å²) < 4.78 is 37.9. The van der Waals surface area contributed by atoms with Crippen LogP contribution in [0.5, 0.6) is 5.75 Å². The molecule has 0 spiro atoms. The predicted octanol–water partition coefficient (Wildman–Crippen LogP) is 4.10. The number of nitrogens with one attached hydrogen (secondary N) is 2. The van der Waals surface area contributed by atoms with E-state index in [0.29, 0.717) is 23.8 Å². The van der Waals surface area contributed by atoms with Crippen LogP contribution in [0.25, 0.3) is 0 Å². The molecule has 0 fully saturated rings. The van der Waals surface area contributed by atoms with Gasteiger partial charge in [0.25, 0.3) is 5.91 Å². The Bertz CT molecular complexity index is 981. The first kappa shape index (κ1) is 25.8. The minimum atomic E-state index is -0.952. The van der Waals surface area contributed by atoms with Crippen LogP contribution in [0.3, 0.4) is 0 Å². The summed E-state index contributed by atoms with van der Waals surface area (Å²) in [7, 11) is 0. The van der Waals surface area contributed by atoms with Crippen LogP contribution in [-0.2, 0) is 9.53 Å². The van der Waals surface area contributed by atoms with E-state index in [4.69, 9.17) is 19.8 Å². The lowest BCUT2D eigenvalue weighted by molar-refractivity contribution is -0.125. The number of amides is 2. The van der Waals surface area contributed by atoms with Gasteiger partial charge in [0.05, 0.1) is 12.3 Å². The first-order chi connectivity index (χ1) is 15.7. The summed E-state index contributed by atoms with van der Waals surface area (Å²) in [5.41, 5.74) is 2.18. The second kappa shape index (κ2) is 12.5. The van der Waals surface area contributed by atoms with Crippen molar-refractivity contribution in [3.05, 3.63) is 71.3 Å². The van der Waals surface area contributed by atoms with Gasteiger partial charge in [-0.3, -0.25) is 15.3 Å². The standard InChI is InChI=1S/C23H26F2N2O6/c1-14(3-4-15(2)22(29)27-31)21(16-5-8-18(9-6-16)32-12-11-28)33-23(30)26-20-10-7-17(24)13-19(20)25/h4-10,13-14,21,28,31H,3,11-12H2,1-2H3,(H,26,30)(H,27,29)/b15-4+/t14-,21-/m0/s1. The van der Waals surface area contributed by atoms with E-state index >= 15 is 0 Å². The highest BCUT2D eigenvalue weighted by atomic mass is 19.1. The fourth-order valence-corrected chi connectivity index (χ4v) is 2.94. The molecule has 0 aromatic heterocycles. The van der Waals surface area contributed by atoms with E-state index in [-0.39, 0.29) is 30.4 Å². The SMILES string of the molecule is C/C(=C\C[C@H](C)[C@H](OC(=O)Nc1ccc(F)cc1F)c1ccc(OCCO)cc1)C(=O)NO. The smallest absolute Gasteiger partial charge is 0.412 e. The normalized spacial score (nSPS) is 13.1. The topological polar surface area (TPSA) is 117 Å². The summed E-state index contributed by atoms with van der Waals surface area (Å²) >= 11 is 0. The van der Waals surface area contributed by atoms with Crippen LogP contribution < -0.4 is 15.5 Å². The van der Waals surface area contributed by atoms with Gasteiger partial charge in [-0.2, -0.15) is 0 Å². The average Bonchev–Trinajstić information content (AvgIpc) is 2.81. The number of allylic oxidation sites excluding steroid dienone is 1. The molecule has 2 amide bonds. The number of hydroxylamine groups is 1. The lowest BCUT2D eigenvalue weighted by atomic mass is 9.93. The maximum absolute atomic E-state index is 13.9. The first-order valence-electron chi connectivity index (χ1n) is 10.1. The third-order valence-corrected chi connectivity index (χ3v) is 4.74. The molecule has 0 saturated carbocycles. The third kappa shape index (κ3) is 7.85. The number of hydrogen-bond acceptors (Lipinski definition) is 6. The van der Waals surface area contributed by atoms with Crippen molar-refractivity contribution in [2.75, 3.05) is 18.5 Å². The van der Waals surface area contributed by atoms with Crippen LogP contribution in [0, 0.1) is 17.6 Å². The molecule has 0 heterocycles. The van der Waals surface area contributed by atoms with Crippen molar-refractivity contribution in [1.29, 1.82) is 0 Å². The fourth-order valence-electron chi connectivity index (χ4n) is 2.94. The van der Waals surface area contributed by atoms with Gasteiger partial charge in [-0.25, -0.2) is 19.1 Å². The van der Waals surface area contributed by atoms with E-state index in [0.717, 1.165) is 12.1 Å². The zero-order valence-corrected chi connectivity index (χ0v) is 18.2. The van der Waals surface area contributed by atoms with E-state index in [1.54, 1.807) is 42.7 Å². The average molecular weight is 464 g/mol. The number of aliphatic hydroxyl groups excluding tert-OH is 1. The van der Waals surface area contributed by atoms with Crippen molar-refractivity contribution in [2.24, 2.45) is 5.92 Å². The molecule has 10 heteroatoms. The third-order valence-electron chi connectivity index (χ3n) is 4.74. The van der Waals surface area contributed by atoms with Gasteiger partial charge in [-0.05, 0) is 43.2 Å². The number of aliphatic hydroxyl groups is 1. The monoisotopic (exact) mass is 464 g/mol. The molecule has 2 aromatic rings. The van der Waals surface area contributed by atoms with E-state index in [9.17, 15) is 18.4 Å². The van der Waals surface area contributed by atoms with Crippen LogP contribution >= 0.6 is 0 Å². The predicted molar refractivity (Wildman–Crippen MR) is 116 cm³/mol. The van der Waals surface area contributed by atoms with Crippen molar-refractivity contribution in [1.82, 2.24) is 5.48 Å². The van der Waals surface area contributed by atoms with Crippen molar-refractivity contribution in [3.8, 4) is 5.75 Å². The van der Waals surface area contributed by atoms with Crippen LogP contribution in [0.15, 0.2) is 54.1 Å². The van der Waals surface area contributed by atoms with Gasteiger partial charge in [-0.15, -0.1) is 0 Å². The van der Waals surface area contributed by atoms with Crippen molar-refractivity contribution in [2.45, 2.75) is 26.4 Å². The van der Waals surface area contributed by atoms with Crippen molar-refractivity contribution < 1.29 is 38.2 Å². The number of anilines is 1. The fraction of sp³-hybridized carbons (Fsp3) is 0.304. The number of halogens is 2. The van der Waals surface area contributed by atoms with Gasteiger partial charge in [0.15, 0.2) is 0 Å². The molecular weight excluding hydrogens is 438 g/mol. The molecule has 33 heavy (non-hydrogen) atoms. The molecular formula is C23H26F2N2O6. The van der Waals surface area contributed by atoms with Crippen LogP contribution in [0.4, 0.5) is 19.3 Å². The summed E-state index contributed by atoms with van der Waals surface area (Å²) in [5, 5.41) is 19.9. The number of carbonyl (C=O) groups excluding carboxylic acids is 2. The molecule has 8 nitrogen and oxygen atoms in total. The minimum Gasteiger partial charge on any atom is -0.491 e. The largest absolute Gasteiger partial charge is 0.491 e. The Morgan fingerprint density at radius 2 is 1.85 bits per heavy atom. The molecule has 0 saturated heterocycles. The molecule has 0 aliphatic heterocycles. The molecule has 0 bridgehead atoms. The van der Waals surface area contributed by atoms with E-state index in [2.05, 4.69) is 5.32 Å². The number of ether oxygens (including phenoxy) is 2. The molecule has 4 N–H and O–H groups in total. The zero-order valence-electron chi connectivity index (χ0n) is 18.2. The molecule has 0 aliphatic rings. The van der Waals surface area contributed by atoms with E-state index in [1.165, 1.54) is 6.92 Å². The first-order valence-corrected chi connectivity index (χ1v) is 10.1. The van der Waals surface area contributed by atoms with Crippen molar-refractivity contribution in [3.63, 3.8) is 0 Å². The number of rotatable bonds is 10. The van der Waals surface area contributed by atoms with Gasteiger partial charge in [0.2, 0.25) is 0 Å². The summed E-state index contributed by atoms with van der Waals surface area (Å²) in [5.74, 6) is -2.22. The number of benzene rings is 2. The Labute approximate surface area is 189 Å². The number of carbonyl (C=O) groups is 2. The van der Waals surface area contributed by atoms with Gasteiger partial charge >= 0.3 is 6.09 Å². The molecule has 178 valence electrons. The lowest BCUT2D eigenvalue weighted by Crippen LogP contribution is -2.23. The lowest BCUT2D eigenvalue weighted by Gasteiger charge is -2.24. The molecule has 2 rings (SSSR count). The van der Waals surface area contributed by atoms with Crippen LogP contribution in [-0.4, -0.2) is 35.5 Å². The maximum Gasteiger partial charge on any atom is 0.412 e. The zero-order chi connectivity index (χ0) is 24.4. The Morgan fingerprint density at radius 1 is 1.15 bits per heavy atom. The Balaban J connectivity index is 2.21. The molecule has 0 unspecified atom stereocenters. The number of hydrogen-bond donors (Lipinski definition) is 4. The van der Waals surface area contributed by atoms with E-state index in [1.807, 2.05) is 0 Å². The van der Waals surface area contributed by atoms with E-state index < -0.39 is 29.7 Å².